The second-order valence-electron chi connectivity index (χ2n) is 4.63. The lowest BCUT2D eigenvalue weighted by Gasteiger charge is -2.16. The van der Waals surface area contributed by atoms with Crippen molar-refractivity contribution >= 4 is 29.1 Å². The second-order valence-corrected chi connectivity index (χ2v) is 5.57. The predicted octanol–water partition coefficient (Wildman–Crippen LogP) is 3.27. The number of hydrogen-bond donors (Lipinski definition) is 2. The van der Waals surface area contributed by atoms with Crippen molar-refractivity contribution in [1.82, 2.24) is 15.0 Å². The molecule has 0 fully saturated rings. The van der Waals surface area contributed by atoms with Crippen LogP contribution in [0.3, 0.4) is 0 Å². The third-order valence-corrected chi connectivity index (χ3v) is 3.91. The number of carbonyl (C=O) groups is 1. The van der Waals surface area contributed by atoms with Crippen molar-refractivity contribution < 1.29 is 4.79 Å². The van der Waals surface area contributed by atoms with Gasteiger partial charge in [0.25, 0.3) is 0 Å². The van der Waals surface area contributed by atoms with Crippen LogP contribution in [0.4, 0.5) is 11.9 Å². The predicted molar refractivity (Wildman–Crippen MR) is 91.3 cm³/mol. The average Bonchev–Trinajstić information content (AvgIpc) is 2.91. The van der Waals surface area contributed by atoms with Crippen molar-refractivity contribution in [2.75, 3.05) is 10.6 Å². The first kappa shape index (κ1) is 18.5. The molecular weight excluding hydrogens is 312 g/mol. The number of aryl methyl sites for hydroxylation is 1. The molecular formula is C15H20N6OS. The Bertz CT molecular complexity index is 721. The fourth-order valence-electron chi connectivity index (χ4n) is 1.95. The van der Waals surface area contributed by atoms with E-state index < -0.39 is 0 Å². The summed E-state index contributed by atoms with van der Waals surface area (Å²) in [6, 6.07) is 3.91. The monoisotopic (exact) mass is 332 g/mol. The van der Waals surface area contributed by atoms with E-state index in [9.17, 15) is 4.79 Å². The van der Waals surface area contributed by atoms with E-state index in [0.29, 0.717) is 17.3 Å². The number of nitrogens with zero attached hydrogens (tertiary/aromatic N) is 4. The zero-order valence-corrected chi connectivity index (χ0v) is 13.4. The van der Waals surface area contributed by atoms with Crippen LogP contribution in [0.5, 0.6) is 0 Å². The zero-order valence-electron chi connectivity index (χ0n) is 12.5. The second kappa shape index (κ2) is 8.19. The van der Waals surface area contributed by atoms with Gasteiger partial charge in [-0.3, -0.25) is 10.1 Å². The smallest absolute Gasteiger partial charge is 0.234 e. The Hall–Kier alpha value is -2.53. The molecule has 2 aromatic heterocycles. The first-order valence-electron chi connectivity index (χ1n) is 6.77. The van der Waals surface area contributed by atoms with Crippen LogP contribution in [-0.2, 0) is 4.79 Å². The number of nitriles is 1. The van der Waals surface area contributed by atoms with E-state index in [4.69, 9.17) is 5.26 Å². The van der Waals surface area contributed by atoms with Crippen molar-refractivity contribution in [2.45, 2.75) is 40.7 Å². The Balaban J connectivity index is 0.00000264. The summed E-state index contributed by atoms with van der Waals surface area (Å²) >= 11 is 1.52. The maximum Gasteiger partial charge on any atom is 0.234 e. The van der Waals surface area contributed by atoms with Crippen molar-refractivity contribution in [3.05, 3.63) is 27.7 Å². The van der Waals surface area contributed by atoms with Gasteiger partial charge < -0.3 is 5.32 Å². The van der Waals surface area contributed by atoms with Gasteiger partial charge in [-0.05, 0) is 24.8 Å². The molecule has 1 atom stereocenters. The number of aromatic nitrogens is 3. The molecule has 0 spiro atoms. The summed E-state index contributed by atoms with van der Waals surface area (Å²) in [4.78, 5) is 24.5. The number of anilines is 2. The van der Waals surface area contributed by atoms with Gasteiger partial charge in [-0.15, -0.1) is 11.3 Å². The number of nitrogens with one attached hydrogen (secondary N) is 2. The van der Waals surface area contributed by atoms with Crippen molar-refractivity contribution in [1.29, 1.82) is 5.26 Å². The summed E-state index contributed by atoms with van der Waals surface area (Å²) < 4.78 is 0. The standard InChI is InChI=1S/C14H16N6OS.CH4/c1-4-11(12-10(7-15)5-6-22-12)19-14-17-8(2)16-13(20-14)18-9(3)21;/h5-6,11H,4H2,1-3H3,(H2,16,17,18,19,20,21);1H4. The number of thiophene rings is 1. The molecule has 0 radical (unpaired) electrons. The highest BCUT2D eigenvalue weighted by Gasteiger charge is 2.17. The van der Waals surface area contributed by atoms with Crippen LogP contribution < -0.4 is 10.6 Å². The molecule has 0 bridgehead atoms. The molecule has 2 heterocycles. The molecule has 0 aliphatic heterocycles. The Labute approximate surface area is 139 Å². The average molecular weight is 332 g/mol. The van der Waals surface area contributed by atoms with Gasteiger partial charge in [0.1, 0.15) is 11.9 Å². The van der Waals surface area contributed by atoms with Gasteiger partial charge in [0.15, 0.2) is 0 Å². The Morgan fingerprint density at radius 2 is 2.09 bits per heavy atom. The topological polar surface area (TPSA) is 104 Å². The van der Waals surface area contributed by atoms with Crippen molar-refractivity contribution in [3.8, 4) is 6.07 Å². The number of hydrogen-bond acceptors (Lipinski definition) is 7. The van der Waals surface area contributed by atoms with E-state index in [2.05, 4.69) is 31.7 Å². The maximum atomic E-state index is 11.1. The van der Waals surface area contributed by atoms with Crippen LogP contribution in [0.2, 0.25) is 0 Å². The molecule has 0 saturated carbocycles. The van der Waals surface area contributed by atoms with E-state index >= 15 is 0 Å². The number of rotatable bonds is 5. The first-order valence-corrected chi connectivity index (χ1v) is 7.65. The van der Waals surface area contributed by atoms with E-state index in [-0.39, 0.29) is 25.3 Å². The van der Waals surface area contributed by atoms with Gasteiger partial charge in [0.2, 0.25) is 17.8 Å². The van der Waals surface area contributed by atoms with Crippen LogP contribution in [0.15, 0.2) is 11.4 Å². The maximum absolute atomic E-state index is 11.1. The summed E-state index contributed by atoms with van der Waals surface area (Å²) in [5.41, 5.74) is 0.650. The number of carbonyl (C=O) groups excluding carboxylic acids is 1. The highest BCUT2D eigenvalue weighted by Crippen LogP contribution is 2.28. The summed E-state index contributed by atoms with van der Waals surface area (Å²) in [5, 5.41) is 16.8. The van der Waals surface area contributed by atoms with E-state index in [1.165, 1.54) is 18.3 Å². The van der Waals surface area contributed by atoms with Gasteiger partial charge in [-0.1, -0.05) is 14.4 Å². The minimum atomic E-state index is -0.242. The van der Waals surface area contributed by atoms with E-state index in [0.717, 1.165) is 11.3 Å². The van der Waals surface area contributed by atoms with Gasteiger partial charge in [0.05, 0.1) is 11.6 Å². The molecule has 2 N–H and O–H groups in total. The highest BCUT2D eigenvalue weighted by atomic mass is 32.1. The number of amides is 1. The quantitative estimate of drug-likeness (QED) is 0.871. The summed E-state index contributed by atoms with van der Waals surface area (Å²) in [6.45, 7) is 5.14. The van der Waals surface area contributed by atoms with Gasteiger partial charge in [-0.2, -0.15) is 20.2 Å². The lowest BCUT2D eigenvalue weighted by atomic mass is 10.1. The van der Waals surface area contributed by atoms with Crippen molar-refractivity contribution in [2.24, 2.45) is 0 Å². The van der Waals surface area contributed by atoms with Gasteiger partial charge >= 0.3 is 0 Å². The lowest BCUT2D eigenvalue weighted by Crippen LogP contribution is -2.16. The lowest BCUT2D eigenvalue weighted by molar-refractivity contribution is -0.114. The van der Waals surface area contributed by atoms with Crippen LogP contribution in [-0.4, -0.2) is 20.9 Å². The van der Waals surface area contributed by atoms with Crippen LogP contribution in [0, 0.1) is 18.3 Å². The third kappa shape index (κ3) is 4.72. The molecule has 2 aromatic rings. The molecule has 8 heteroatoms. The van der Waals surface area contributed by atoms with E-state index in [1.54, 1.807) is 13.0 Å². The van der Waals surface area contributed by atoms with Gasteiger partial charge in [-0.25, -0.2) is 0 Å². The fourth-order valence-corrected chi connectivity index (χ4v) is 2.93. The van der Waals surface area contributed by atoms with E-state index in [1.807, 2.05) is 12.3 Å². The Morgan fingerprint density at radius 3 is 2.70 bits per heavy atom. The molecule has 0 aromatic carbocycles. The minimum Gasteiger partial charge on any atom is -0.346 e. The molecule has 122 valence electrons. The third-order valence-electron chi connectivity index (χ3n) is 2.88. The minimum absolute atomic E-state index is 0. The van der Waals surface area contributed by atoms with Crippen LogP contribution in [0.1, 0.15) is 50.0 Å². The Kier molecular flexibility index (Phi) is 6.60. The molecule has 0 aliphatic carbocycles. The van der Waals surface area contributed by atoms with Gasteiger partial charge in [0, 0.05) is 11.8 Å². The molecule has 0 saturated heterocycles. The summed E-state index contributed by atoms with van der Waals surface area (Å²) in [5.74, 6) is 0.848. The molecule has 1 amide bonds. The zero-order chi connectivity index (χ0) is 16.1. The highest BCUT2D eigenvalue weighted by molar-refractivity contribution is 7.10. The summed E-state index contributed by atoms with van der Waals surface area (Å²) in [7, 11) is 0. The molecule has 7 nitrogen and oxygen atoms in total. The largest absolute Gasteiger partial charge is 0.346 e. The molecule has 1 unspecified atom stereocenters. The molecule has 0 aliphatic rings. The Morgan fingerprint density at radius 1 is 1.39 bits per heavy atom. The first-order chi connectivity index (χ1) is 10.5. The van der Waals surface area contributed by atoms with Crippen molar-refractivity contribution in [3.63, 3.8) is 0 Å². The normalized spacial score (nSPS) is 11.0. The molecule has 2 rings (SSSR count). The molecule has 23 heavy (non-hydrogen) atoms. The summed E-state index contributed by atoms with van der Waals surface area (Å²) in [6.07, 6.45) is 0.773. The fraction of sp³-hybridized carbons (Fsp3) is 0.400. The SMILES string of the molecule is C.CCC(Nc1nc(C)nc(NC(C)=O)n1)c1sccc1C#N. The van der Waals surface area contributed by atoms with Crippen LogP contribution >= 0.6 is 11.3 Å². The van der Waals surface area contributed by atoms with Crippen LogP contribution in [0.25, 0.3) is 0 Å².